The average molecular weight is 286 g/mol. The lowest BCUT2D eigenvalue weighted by Crippen LogP contribution is -2.04. The molecule has 2 aromatic heterocycles. The van der Waals surface area contributed by atoms with Crippen molar-refractivity contribution in [3.63, 3.8) is 0 Å². The highest BCUT2D eigenvalue weighted by atomic mass is 32.2. The highest BCUT2D eigenvalue weighted by Gasteiger charge is 2.26. The molecule has 0 spiro atoms. The Hall–Kier alpha value is -2.08. The number of carbonyl (C=O) groups excluding carboxylic acids is 1. The van der Waals surface area contributed by atoms with E-state index < -0.39 is 0 Å². The SMILES string of the molecule is CCSc1ncc2c(n1)NC(=O)C2=Cc1cccn1C. The zero-order chi connectivity index (χ0) is 14.1. The van der Waals surface area contributed by atoms with Crippen LogP contribution in [0.1, 0.15) is 18.2 Å². The van der Waals surface area contributed by atoms with Crippen molar-refractivity contribution in [3.8, 4) is 0 Å². The number of amides is 1. The van der Waals surface area contributed by atoms with Crippen LogP contribution in [0.3, 0.4) is 0 Å². The number of rotatable bonds is 3. The molecule has 0 saturated heterocycles. The van der Waals surface area contributed by atoms with Gasteiger partial charge in [-0.25, -0.2) is 9.97 Å². The molecule has 0 aromatic carbocycles. The fourth-order valence-corrected chi connectivity index (χ4v) is 2.61. The molecule has 2 aromatic rings. The monoisotopic (exact) mass is 286 g/mol. The van der Waals surface area contributed by atoms with E-state index in [1.807, 2.05) is 42.9 Å². The largest absolute Gasteiger partial charge is 0.351 e. The number of fused-ring (bicyclic) bond motifs is 1. The van der Waals surface area contributed by atoms with Gasteiger partial charge in [0.2, 0.25) is 0 Å². The second kappa shape index (κ2) is 5.13. The Bertz CT molecular complexity index is 705. The number of nitrogens with one attached hydrogen (secondary N) is 1. The van der Waals surface area contributed by atoms with E-state index in [2.05, 4.69) is 15.3 Å². The molecule has 0 fully saturated rings. The first-order valence-electron chi connectivity index (χ1n) is 6.33. The summed E-state index contributed by atoms with van der Waals surface area (Å²) in [7, 11) is 1.94. The Balaban J connectivity index is 2.02. The summed E-state index contributed by atoms with van der Waals surface area (Å²) in [5.74, 6) is 1.37. The third kappa shape index (κ3) is 2.22. The number of carbonyl (C=O) groups is 1. The van der Waals surface area contributed by atoms with Gasteiger partial charge in [-0.15, -0.1) is 0 Å². The van der Waals surface area contributed by atoms with Crippen molar-refractivity contribution in [2.24, 2.45) is 7.05 Å². The summed E-state index contributed by atoms with van der Waals surface area (Å²) in [6.45, 7) is 2.04. The third-order valence-corrected chi connectivity index (χ3v) is 3.83. The van der Waals surface area contributed by atoms with Crippen molar-refractivity contribution in [1.29, 1.82) is 0 Å². The molecule has 0 bridgehead atoms. The van der Waals surface area contributed by atoms with Gasteiger partial charge in [-0.2, -0.15) is 0 Å². The molecular weight excluding hydrogens is 272 g/mol. The Kier molecular flexibility index (Phi) is 3.31. The molecule has 3 heterocycles. The van der Waals surface area contributed by atoms with Gasteiger partial charge in [-0.05, 0) is 24.0 Å². The summed E-state index contributed by atoms with van der Waals surface area (Å²) in [5, 5.41) is 3.48. The van der Waals surface area contributed by atoms with Gasteiger partial charge >= 0.3 is 0 Å². The number of aromatic nitrogens is 3. The molecule has 0 radical (unpaired) electrons. The summed E-state index contributed by atoms with van der Waals surface area (Å²) >= 11 is 1.55. The van der Waals surface area contributed by atoms with Gasteiger partial charge in [0.15, 0.2) is 5.16 Å². The maximum atomic E-state index is 12.1. The Labute approximate surface area is 121 Å². The summed E-state index contributed by atoms with van der Waals surface area (Å²) in [4.78, 5) is 20.7. The average Bonchev–Trinajstić information content (AvgIpc) is 2.95. The van der Waals surface area contributed by atoms with Crippen LogP contribution in [-0.4, -0.2) is 26.2 Å². The van der Waals surface area contributed by atoms with Crippen LogP contribution < -0.4 is 5.32 Å². The first-order chi connectivity index (χ1) is 9.69. The van der Waals surface area contributed by atoms with E-state index >= 15 is 0 Å². The Morgan fingerprint density at radius 2 is 2.35 bits per heavy atom. The molecule has 1 aliphatic heterocycles. The number of hydrogen-bond acceptors (Lipinski definition) is 4. The van der Waals surface area contributed by atoms with Gasteiger partial charge in [-0.3, -0.25) is 4.79 Å². The Morgan fingerprint density at radius 3 is 3.05 bits per heavy atom. The number of nitrogens with zero attached hydrogens (tertiary/aromatic N) is 3. The van der Waals surface area contributed by atoms with Crippen LogP contribution in [0.25, 0.3) is 11.6 Å². The van der Waals surface area contributed by atoms with Crippen molar-refractivity contribution < 1.29 is 4.79 Å². The fourth-order valence-electron chi connectivity index (χ4n) is 2.07. The van der Waals surface area contributed by atoms with Gasteiger partial charge in [0.1, 0.15) is 5.82 Å². The van der Waals surface area contributed by atoms with Crippen LogP contribution >= 0.6 is 11.8 Å². The number of anilines is 1. The van der Waals surface area contributed by atoms with Crippen LogP contribution in [0.15, 0.2) is 29.7 Å². The molecule has 1 N–H and O–H groups in total. The predicted molar refractivity (Wildman–Crippen MR) is 80.3 cm³/mol. The summed E-state index contributed by atoms with van der Waals surface area (Å²) < 4.78 is 1.96. The lowest BCUT2D eigenvalue weighted by molar-refractivity contribution is -0.110. The molecule has 0 saturated carbocycles. The second-order valence-corrected chi connectivity index (χ2v) is 5.64. The van der Waals surface area contributed by atoms with E-state index in [1.165, 1.54) is 0 Å². The smallest absolute Gasteiger partial charge is 0.257 e. The van der Waals surface area contributed by atoms with Gasteiger partial charge < -0.3 is 9.88 Å². The van der Waals surface area contributed by atoms with E-state index in [9.17, 15) is 4.79 Å². The number of thioether (sulfide) groups is 1. The molecule has 3 rings (SSSR count). The van der Waals surface area contributed by atoms with E-state index in [-0.39, 0.29) is 5.91 Å². The molecule has 0 aliphatic carbocycles. The van der Waals surface area contributed by atoms with E-state index in [0.29, 0.717) is 16.5 Å². The summed E-state index contributed by atoms with van der Waals surface area (Å²) in [5.41, 5.74) is 2.33. The van der Waals surface area contributed by atoms with Crippen molar-refractivity contribution in [1.82, 2.24) is 14.5 Å². The van der Waals surface area contributed by atoms with Crippen molar-refractivity contribution in [3.05, 3.63) is 35.8 Å². The number of hydrogen-bond donors (Lipinski definition) is 1. The molecule has 6 heteroatoms. The first kappa shape index (κ1) is 12.9. The summed E-state index contributed by atoms with van der Waals surface area (Å²) in [6.07, 6.45) is 5.52. The first-order valence-corrected chi connectivity index (χ1v) is 7.32. The fraction of sp³-hybridized carbons (Fsp3) is 0.214. The molecule has 1 amide bonds. The van der Waals surface area contributed by atoms with Gasteiger partial charge in [0.05, 0.1) is 5.57 Å². The lowest BCUT2D eigenvalue weighted by Gasteiger charge is -2.01. The highest BCUT2D eigenvalue weighted by Crippen LogP contribution is 2.32. The van der Waals surface area contributed by atoms with Crippen LogP contribution in [0, 0.1) is 0 Å². The van der Waals surface area contributed by atoms with Gasteiger partial charge in [0, 0.05) is 30.7 Å². The molecule has 1 aliphatic rings. The van der Waals surface area contributed by atoms with Crippen LogP contribution in [0.5, 0.6) is 0 Å². The van der Waals surface area contributed by atoms with Gasteiger partial charge in [-0.1, -0.05) is 18.7 Å². The van der Waals surface area contributed by atoms with E-state index in [1.54, 1.807) is 18.0 Å². The van der Waals surface area contributed by atoms with Crippen LogP contribution in [0.4, 0.5) is 5.82 Å². The minimum Gasteiger partial charge on any atom is -0.351 e. The Morgan fingerprint density at radius 1 is 1.50 bits per heavy atom. The highest BCUT2D eigenvalue weighted by molar-refractivity contribution is 7.99. The minimum absolute atomic E-state index is 0.130. The lowest BCUT2D eigenvalue weighted by atomic mass is 10.1. The van der Waals surface area contributed by atoms with Crippen molar-refractivity contribution in [2.75, 3.05) is 11.1 Å². The molecule has 102 valence electrons. The summed E-state index contributed by atoms with van der Waals surface area (Å²) in [6, 6.07) is 3.90. The maximum Gasteiger partial charge on any atom is 0.257 e. The molecule has 20 heavy (non-hydrogen) atoms. The molecular formula is C14H14N4OS. The van der Waals surface area contributed by atoms with E-state index in [4.69, 9.17) is 0 Å². The molecule has 0 unspecified atom stereocenters. The second-order valence-electron chi connectivity index (χ2n) is 4.40. The molecule has 0 atom stereocenters. The third-order valence-electron chi connectivity index (χ3n) is 3.08. The molecule has 5 nitrogen and oxygen atoms in total. The maximum absolute atomic E-state index is 12.1. The van der Waals surface area contributed by atoms with Crippen molar-refractivity contribution >= 4 is 35.1 Å². The minimum atomic E-state index is -0.130. The number of aryl methyl sites for hydroxylation is 1. The standard InChI is InChI=1S/C14H14N4OS/c1-3-20-14-15-8-11-10(13(19)16-12(11)17-14)7-9-5-4-6-18(9)2/h4-8H,3H2,1-2H3,(H,15,16,17,19). The van der Waals surface area contributed by atoms with Crippen molar-refractivity contribution in [2.45, 2.75) is 12.1 Å². The quantitative estimate of drug-likeness (QED) is 0.535. The zero-order valence-electron chi connectivity index (χ0n) is 11.3. The topological polar surface area (TPSA) is 59.8 Å². The normalized spacial score (nSPS) is 15.5. The zero-order valence-corrected chi connectivity index (χ0v) is 12.1. The van der Waals surface area contributed by atoms with Crippen LogP contribution in [-0.2, 0) is 11.8 Å². The van der Waals surface area contributed by atoms with Gasteiger partial charge in [0.25, 0.3) is 5.91 Å². The predicted octanol–water partition coefficient (Wildman–Crippen LogP) is 2.42. The van der Waals surface area contributed by atoms with Crippen LogP contribution in [0.2, 0.25) is 0 Å². The van der Waals surface area contributed by atoms with E-state index in [0.717, 1.165) is 17.0 Å².